The third-order valence-corrected chi connectivity index (χ3v) is 4.16. The molecule has 5 nitrogen and oxygen atoms in total. The van der Waals surface area contributed by atoms with Gasteiger partial charge >= 0.3 is 0 Å². The zero-order valence-electron chi connectivity index (χ0n) is 13.9. The molecular formula is C18H21ClN2O3. The molecule has 0 saturated carbocycles. The van der Waals surface area contributed by atoms with Crippen LogP contribution in [0.4, 0.5) is 11.4 Å². The molecule has 3 N–H and O–H groups in total. The van der Waals surface area contributed by atoms with E-state index in [1.165, 1.54) is 5.56 Å². The van der Waals surface area contributed by atoms with Gasteiger partial charge in [0.2, 0.25) is 0 Å². The molecule has 0 radical (unpaired) electrons. The maximum absolute atomic E-state index is 12.5. The van der Waals surface area contributed by atoms with Crippen molar-refractivity contribution < 1.29 is 14.3 Å². The highest BCUT2D eigenvalue weighted by Gasteiger charge is 2.30. The van der Waals surface area contributed by atoms with E-state index in [9.17, 15) is 4.79 Å². The second-order valence-electron chi connectivity index (χ2n) is 5.80. The van der Waals surface area contributed by atoms with Gasteiger partial charge in [-0.1, -0.05) is 6.07 Å². The average molecular weight is 349 g/mol. The number of carbonyl (C=O) groups excluding carboxylic acids is 1. The van der Waals surface area contributed by atoms with Crippen LogP contribution in [0.3, 0.4) is 0 Å². The Bertz CT molecular complexity index is 746. The summed E-state index contributed by atoms with van der Waals surface area (Å²) in [6, 6.07) is 9.21. The van der Waals surface area contributed by atoms with Gasteiger partial charge < -0.3 is 20.5 Å². The first-order valence-corrected chi connectivity index (χ1v) is 7.49. The van der Waals surface area contributed by atoms with Crippen LogP contribution in [0.15, 0.2) is 30.3 Å². The molecule has 0 saturated heterocycles. The number of hydrogen-bond donors (Lipinski definition) is 2. The van der Waals surface area contributed by atoms with Crippen molar-refractivity contribution in [1.29, 1.82) is 0 Å². The number of benzene rings is 2. The van der Waals surface area contributed by atoms with Gasteiger partial charge in [0.1, 0.15) is 11.5 Å². The quantitative estimate of drug-likeness (QED) is 0.835. The topological polar surface area (TPSA) is 73.6 Å². The van der Waals surface area contributed by atoms with Crippen molar-refractivity contribution in [2.24, 2.45) is 0 Å². The first-order valence-electron chi connectivity index (χ1n) is 7.49. The monoisotopic (exact) mass is 348 g/mol. The lowest BCUT2D eigenvalue weighted by Gasteiger charge is -2.13. The average Bonchev–Trinajstić information content (AvgIpc) is 2.93. The number of hydrogen-bond acceptors (Lipinski definition) is 4. The second kappa shape index (κ2) is 7.01. The lowest BCUT2D eigenvalue weighted by Crippen LogP contribution is -2.31. The molecule has 0 aromatic heterocycles. The molecule has 0 bridgehead atoms. The van der Waals surface area contributed by atoms with Crippen molar-refractivity contribution in [3.05, 3.63) is 47.0 Å². The van der Waals surface area contributed by atoms with Gasteiger partial charge in [0.15, 0.2) is 6.10 Å². The van der Waals surface area contributed by atoms with E-state index in [0.29, 0.717) is 23.5 Å². The van der Waals surface area contributed by atoms with Crippen LogP contribution in [0.5, 0.6) is 11.5 Å². The van der Waals surface area contributed by atoms with Crippen LogP contribution in [0, 0.1) is 13.8 Å². The number of nitrogen functional groups attached to an aromatic ring is 1. The molecule has 1 unspecified atom stereocenters. The van der Waals surface area contributed by atoms with Crippen LogP contribution in [0.25, 0.3) is 0 Å². The summed E-state index contributed by atoms with van der Waals surface area (Å²) in [5.41, 5.74) is 10.3. The van der Waals surface area contributed by atoms with Gasteiger partial charge in [-0.05, 0) is 48.7 Å². The van der Waals surface area contributed by atoms with Crippen molar-refractivity contribution >= 4 is 29.7 Å². The zero-order chi connectivity index (χ0) is 16.6. The van der Waals surface area contributed by atoms with E-state index in [1.807, 2.05) is 13.0 Å². The molecule has 0 spiro atoms. The Morgan fingerprint density at radius 2 is 1.96 bits per heavy atom. The summed E-state index contributed by atoms with van der Waals surface area (Å²) in [5.74, 6) is 1.21. The Morgan fingerprint density at radius 1 is 1.25 bits per heavy atom. The van der Waals surface area contributed by atoms with Crippen LogP contribution < -0.4 is 20.5 Å². The fourth-order valence-corrected chi connectivity index (χ4v) is 2.64. The highest BCUT2D eigenvalue weighted by atomic mass is 35.5. The van der Waals surface area contributed by atoms with Gasteiger partial charge in [-0.25, -0.2) is 0 Å². The maximum atomic E-state index is 12.5. The minimum Gasteiger partial charge on any atom is -0.497 e. The summed E-state index contributed by atoms with van der Waals surface area (Å²) in [6.07, 6.45) is 0.0170. The minimum absolute atomic E-state index is 0. The summed E-state index contributed by atoms with van der Waals surface area (Å²) < 4.78 is 10.9. The summed E-state index contributed by atoms with van der Waals surface area (Å²) in [4.78, 5) is 12.5. The first-order chi connectivity index (χ1) is 11.0. The number of carbonyl (C=O) groups is 1. The van der Waals surface area contributed by atoms with E-state index in [0.717, 1.165) is 16.9 Å². The first kappa shape index (κ1) is 17.9. The summed E-state index contributed by atoms with van der Waals surface area (Å²) in [5, 5.41) is 2.82. The predicted molar refractivity (Wildman–Crippen MR) is 97.3 cm³/mol. The van der Waals surface area contributed by atoms with E-state index in [2.05, 4.69) is 18.3 Å². The smallest absolute Gasteiger partial charge is 0.265 e. The van der Waals surface area contributed by atoms with E-state index < -0.39 is 6.10 Å². The largest absolute Gasteiger partial charge is 0.497 e. The van der Waals surface area contributed by atoms with Crippen LogP contribution in [-0.2, 0) is 11.2 Å². The van der Waals surface area contributed by atoms with Gasteiger partial charge in [-0.15, -0.1) is 12.4 Å². The van der Waals surface area contributed by atoms with Gasteiger partial charge in [0.25, 0.3) is 5.91 Å². The highest BCUT2D eigenvalue weighted by molar-refractivity contribution is 5.97. The van der Waals surface area contributed by atoms with Crippen molar-refractivity contribution in [2.75, 3.05) is 18.2 Å². The van der Waals surface area contributed by atoms with Crippen molar-refractivity contribution in [1.82, 2.24) is 0 Å². The second-order valence-corrected chi connectivity index (χ2v) is 5.80. The number of amides is 1. The standard InChI is InChI=1S/C18H20N2O3.ClH/c1-10-6-12-8-17(23-16(12)7-11(10)2)18(21)20-15-9-13(22-3)4-5-14(15)19;/h4-7,9,17H,8,19H2,1-3H3,(H,20,21);1H. The Balaban J connectivity index is 0.00000208. The van der Waals surface area contributed by atoms with Crippen LogP contribution >= 0.6 is 12.4 Å². The zero-order valence-corrected chi connectivity index (χ0v) is 14.7. The molecular weight excluding hydrogens is 328 g/mol. The third kappa shape index (κ3) is 3.41. The van der Waals surface area contributed by atoms with Crippen LogP contribution in [0.2, 0.25) is 0 Å². The molecule has 1 heterocycles. The van der Waals surface area contributed by atoms with Crippen LogP contribution in [0.1, 0.15) is 16.7 Å². The normalized spacial score (nSPS) is 15.0. The van der Waals surface area contributed by atoms with Crippen molar-refractivity contribution in [2.45, 2.75) is 26.4 Å². The van der Waals surface area contributed by atoms with E-state index in [4.69, 9.17) is 15.2 Å². The van der Waals surface area contributed by atoms with Gasteiger partial charge in [0, 0.05) is 12.5 Å². The molecule has 1 atom stereocenters. The van der Waals surface area contributed by atoms with E-state index >= 15 is 0 Å². The minimum atomic E-state index is -0.545. The fourth-order valence-electron chi connectivity index (χ4n) is 2.64. The molecule has 3 rings (SSSR count). The number of anilines is 2. The molecule has 128 valence electrons. The Kier molecular flexibility index (Phi) is 5.24. The molecule has 1 amide bonds. The fraction of sp³-hybridized carbons (Fsp3) is 0.278. The highest BCUT2D eigenvalue weighted by Crippen LogP contribution is 2.32. The number of halogens is 1. The van der Waals surface area contributed by atoms with E-state index in [-0.39, 0.29) is 18.3 Å². The van der Waals surface area contributed by atoms with Crippen molar-refractivity contribution in [3.63, 3.8) is 0 Å². The third-order valence-electron chi connectivity index (χ3n) is 4.16. The lowest BCUT2D eigenvalue weighted by molar-refractivity contribution is -0.122. The molecule has 1 aliphatic rings. The summed E-state index contributed by atoms with van der Waals surface area (Å²) in [6.45, 7) is 4.09. The summed E-state index contributed by atoms with van der Waals surface area (Å²) >= 11 is 0. The molecule has 6 heteroatoms. The molecule has 24 heavy (non-hydrogen) atoms. The van der Waals surface area contributed by atoms with Crippen molar-refractivity contribution in [3.8, 4) is 11.5 Å². The summed E-state index contributed by atoms with van der Waals surface area (Å²) in [7, 11) is 1.57. The molecule has 0 fully saturated rings. The Morgan fingerprint density at radius 3 is 2.67 bits per heavy atom. The van der Waals surface area contributed by atoms with Gasteiger partial charge in [0.05, 0.1) is 18.5 Å². The van der Waals surface area contributed by atoms with E-state index in [1.54, 1.807) is 25.3 Å². The SMILES string of the molecule is COc1ccc(N)c(NC(=O)C2Cc3cc(C)c(C)cc3O2)c1.Cl. The number of nitrogens with one attached hydrogen (secondary N) is 1. The number of methoxy groups -OCH3 is 1. The lowest BCUT2D eigenvalue weighted by atomic mass is 10.0. The molecule has 0 aliphatic carbocycles. The van der Waals surface area contributed by atoms with Gasteiger partial charge in [-0.2, -0.15) is 0 Å². The van der Waals surface area contributed by atoms with Gasteiger partial charge in [-0.3, -0.25) is 4.79 Å². The molecule has 2 aromatic rings. The number of fused-ring (bicyclic) bond motifs is 1. The maximum Gasteiger partial charge on any atom is 0.265 e. The molecule has 1 aliphatic heterocycles. The number of aryl methyl sites for hydroxylation is 2. The Hall–Kier alpha value is -2.40. The number of rotatable bonds is 3. The van der Waals surface area contributed by atoms with Crippen LogP contribution in [-0.4, -0.2) is 19.1 Å². The molecule has 2 aromatic carbocycles. The number of nitrogens with two attached hydrogens (primary N) is 1. The number of ether oxygens (including phenoxy) is 2. The Labute approximate surface area is 147 Å². The predicted octanol–water partition coefficient (Wildman–Crippen LogP) is 3.26.